The van der Waals surface area contributed by atoms with E-state index in [1.54, 1.807) is 6.92 Å². The van der Waals surface area contributed by atoms with E-state index >= 15 is 0 Å². The zero-order chi connectivity index (χ0) is 21.6. The Morgan fingerprint density at radius 3 is 2.30 bits per heavy atom. The van der Waals surface area contributed by atoms with Crippen molar-refractivity contribution in [1.29, 1.82) is 0 Å². The predicted octanol–water partition coefficient (Wildman–Crippen LogP) is 4.55. The Morgan fingerprint density at radius 2 is 1.67 bits per heavy atom. The molecule has 2 N–H and O–H groups in total. The Hall–Kier alpha value is -3.62. The molecule has 0 radical (unpaired) electrons. The number of carbonyl (C=O) groups is 1. The van der Waals surface area contributed by atoms with Gasteiger partial charge in [-0.1, -0.05) is 12.1 Å². The van der Waals surface area contributed by atoms with Crippen LogP contribution in [0.3, 0.4) is 0 Å². The van der Waals surface area contributed by atoms with Gasteiger partial charge in [0.25, 0.3) is 5.91 Å². The van der Waals surface area contributed by atoms with Crippen LogP contribution < -0.4 is 10.7 Å². The fourth-order valence-corrected chi connectivity index (χ4v) is 3.21. The molecule has 2 aromatic carbocycles. The van der Waals surface area contributed by atoms with E-state index in [0.29, 0.717) is 16.8 Å². The molecule has 0 unspecified atom stereocenters. The summed E-state index contributed by atoms with van der Waals surface area (Å²) in [5, 5.41) is 4.15. The smallest absolute Gasteiger partial charge is 0.339 e. The molecule has 0 spiro atoms. The summed E-state index contributed by atoms with van der Waals surface area (Å²) in [5.41, 5.74) is 3.69. The van der Waals surface area contributed by atoms with Crippen LogP contribution in [0.5, 0.6) is 0 Å². The van der Waals surface area contributed by atoms with Crippen LogP contribution in [0.4, 0.5) is 22.0 Å². The van der Waals surface area contributed by atoms with Crippen molar-refractivity contribution in [3.8, 4) is 0 Å². The van der Waals surface area contributed by atoms with Crippen LogP contribution in [-0.4, -0.2) is 10.9 Å². The Balaban J connectivity index is 1.68. The second-order valence-corrected chi connectivity index (χ2v) is 6.74. The van der Waals surface area contributed by atoms with Gasteiger partial charge in [0.2, 0.25) is 0 Å². The molecule has 4 rings (SSSR count). The van der Waals surface area contributed by atoms with Gasteiger partial charge in [0.15, 0.2) is 0 Å². The van der Waals surface area contributed by atoms with Crippen LogP contribution in [0.2, 0.25) is 0 Å². The van der Waals surface area contributed by atoms with Gasteiger partial charge in [0.1, 0.15) is 17.5 Å². The first-order chi connectivity index (χ1) is 14.1. The van der Waals surface area contributed by atoms with Crippen LogP contribution in [0, 0.1) is 11.6 Å². The number of halogens is 5. The SMILES string of the molecule is CC1=C(c2ccc(F)cc2F)C=C2NC(c3ccc(C(F)(F)F)cc3)=CC(=O)N2N1. The van der Waals surface area contributed by atoms with Gasteiger partial charge in [0, 0.05) is 29.0 Å². The molecule has 0 aromatic heterocycles. The highest BCUT2D eigenvalue weighted by molar-refractivity contribution is 5.99. The van der Waals surface area contributed by atoms with Gasteiger partial charge in [-0.3, -0.25) is 10.2 Å². The van der Waals surface area contributed by atoms with E-state index < -0.39 is 29.3 Å². The first-order valence-corrected chi connectivity index (χ1v) is 8.78. The van der Waals surface area contributed by atoms with E-state index in [-0.39, 0.29) is 17.1 Å². The summed E-state index contributed by atoms with van der Waals surface area (Å²) >= 11 is 0. The van der Waals surface area contributed by atoms with Gasteiger partial charge in [0.05, 0.1) is 11.3 Å². The van der Waals surface area contributed by atoms with E-state index in [1.807, 2.05) is 0 Å². The number of carbonyl (C=O) groups excluding carboxylic acids is 1. The number of nitrogens with zero attached hydrogens (tertiary/aromatic N) is 1. The lowest BCUT2D eigenvalue weighted by Gasteiger charge is -2.35. The van der Waals surface area contributed by atoms with Crippen molar-refractivity contribution in [3.05, 3.63) is 94.5 Å². The van der Waals surface area contributed by atoms with E-state index in [0.717, 1.165) is 24.3 Å². The molecule has 0 bridgehead atoms. The molecule has 0 aliphatic carbocycles. The highest BCUT2D eigenvalue weighted by Gasteiger charge is 2.31. The number of hydrogen-bond acceptors (Lipinski definition) is 3. The quantitative estimate of drug-likeness (QED) is 0.703. The lowest BCUT2D eigenvalue weighted by atomic mass is 10.0. The summed E-state index contributed by atoms with van der Waals surface area (Å²) < 4.78 is 65.8. The summed E-state index contributed by atoms with van der Waals surface area (Å²) in [6.07, 6.45) is -1.72. The number of hydrazine groups is 1. The van der Waals surface area contributed by atoms with Crippen LogP contribution in [0.1, 0.15) is 23.6 Å². The van der Waals surface area contributed by atoms with E-state index in [9.17, 15) is 26.7 Å². The number of hydrogen-bond donors (Lipinski definition) is 2. The van der Waals surface area contributed by atoms with Crippen LogP contribution in [0.25, 0.3) is 11.3 Å². The largest absolute Gasteiger partial charge is 0.416 e. The number of allylic oxidation sites excluding steroid dienone is 3. The second-order valence-electron chi connectivity index (χ2n) is 6.74. The Kier molecular flexibility index (Phi) is 4.60. The van der Waals surface area contributed by atoms with Crippen molar-refractivity contribution in [2.75, 3.05) is 0 Å². The van der Waals surface area contributed by atoms with E-state index in [2.05, 4.69) is 10.7 Å². The maximum absolute atomic E-state index is 14.2. The molecule has 0 saturated carbocycles. The number of fused-ring (bicyclic) bond motifs is 1. The summed E-state index contributed by atoms with van der Waals surface area (Å²) in [4.78, 5) is 12.5. The van der Waals surface area contributed by atoms with Gasteiger partial charge in [-0.25, -0.2) is 13.8 Å². The summed E-state index contributed by atoms with van der Waals surface area (Å²) in [6.45, 7) is 1.63. The lowest BCUT2D eigenvalue weighted by molar-refractivity contribution is -0.137. The molecule has 154 valence electrons. The molecule has 30 heavy (non-hydrogen) atoms. The van der Waals surface area contributed by atoms with Crippen molar-refractivity contribution in [3.63, 3.8) is 0 Å². The monoisotopic (exact) mass is 419 g/mol. The van der Waals surface area contributed by atoms with E-state index in [4.69, 9.17) is 0 Å². The fraction of sp³-hybridized carbons (Fsp3) is 0.0952. The lowest BCUT2D eigenvalue weighted by Crippen LogP contribution is -2.49. The third kappa shape index (κ3) is 3.54. The molecule has 2 aromatic rings. The molecule has 4 nitrogen and oxygen atoms in total. The molecule has 0 saturated heterocycles. The van der Waals surface area contributed by atoms with Crippen molar-refractivity contribution in [2.24, 2.45) is 0 Å². The van der Waals surface area contributed by atoms with Gasteiger partial charge in [-0.05, 0) is 42.8 Å². The third-order valence-corrected chi connectivity index (χ3v) is 4.70. The number of nitrogens with one attached hydrogen (secondary N) is 2. The molecular formula is C21H14F5N3O. The summed E-state index contributed by atoms with van der Waals surface area (Å²) in [5.74, 6) is -1.70. The molecule has 2 heterocycles. The predicted molar refractivity (Wildman–Crippen MR) is 99.6 cm³/mol. The van der Waals surface area contributed by atoms with Crippen LogP contribution in [0.15, 0.2) is 66.1 Å². The number of amides is 1. The molecule has 0 fully saturated rings. The number of rotatable bonds is 2. The van der Waals surface area contributed by atoms with Gasteiger partial charge >= 0.3 is 6.18 Å². The highest BCUT2D eigenvalue weighted by Crippen LogP contribution is 2.32. The average Bonchev–Trinajstić information content (AvgIpc) is 2.68. The van der Waals surface area contributed by atoms with E-state index in [1.165, 1.54) is 35.4 Å². The maximum atomic E-state index is 14.2. The molecule has 2 aliphatic heterocycles. The van der Waals surface area contributed by atoms with Crippen molar-refractivity contribution < 1.29 is 26.7 Å². The van der Waals surface area contributed by atoms with Crippen molar-refractivity contribution in [1.82, 2.24) is 15.8 Å². The standard InChI is InChI=1S/C21H14F5N3O/c1-11-16(15-7-6-14(22)8-17(15)23)9-19-27-18(10-20(30)29(19)28-11)12-2-4-13(5-3-12)21(24,25)26/h2-10,27-28H,1H3. The average molecular weight is 419 g/mol. The molecule has 9 heteroatoms. The summed E-state index contributed by atoms with van der Waals surface area (Å²) in [7, 11) is 0. The van der Waals surface area contributed by atoms with Gasteiger partial charge < -0.3 is 5.32 Å². The molecule has 1 amide bonds. The summed E-state index contributed by atoms with van der Waals surface area (Å²) in [6, 6.07) is 7.52. The Bertz CT molecular complexity index is 1130. The van der Waals surface area contributed by atoms with Gasteiger partial charge in [-0.15, -0.1) is 0 Å². The Labute approximate surface area is 168 Å². The number of benzene rings is 2. The molecule has 0 atom stereocenters. The Morgan fingerprint density at radius 1 is 0.967 bits per heavy atom. The molecule has 2 aliphatic rings. The highest BCUT2D eigenvalue weighted by atomic mass is 19.4. The number of alkyl halides is 3. The minimum atomic E-state index is -4.47. The molecular weight excluding hydrogens is 405 g/mol. The zero-order valence-corrected chi connectivity index (χ0v) is 15.4. The minimum absolute atomic E-state index is 0.133. The van der Waals surface area contributed by atoms with Crippen molar-refractivity contribution >= 4 is 17.2 Å². The zero-order valence-electron chi connectivity index (χ0n) is 15.4. The maximum Gasteiger partial charge on any atom is 0.416 e. The minimum Gasteiger partial charge on any atom is -0.339 e. The first kappa shape index (κ1) is 19.7. The van der Waals surface area contributed by atoms with Crippen LogP contribution in [-0.2, 0) is 11.0 Å². The first-order valence-electron chi connectivity index (χ1n) is 8.78. The van der Waals surface area contributed by atoms with Crippen LogP contribution >= 0.6 is 0 Å². The van der Waals surface area contributed by atoms with Gasteiger partial charge in [-0.2, -0.15) is 13.2 Å². The second kappa shape index (κ2) is 7.01. The normalized spacial score (nSPS) is 16.5. The fourth-order valence-electron chi connectivity index (χ4n) is 3.21. The third-order valence-electron chi connectivity index (χ3n) is 4.70. The van der Waals surface area contributed by atoms with Crippen molar-refractivity contribution in [2.45, 2.75) is 13.1 Å². The topological polar surface area (TPSA) is 44.4 Å².